The van der Waals surface area contributed by atoms with E-state index in [-0.39, 0.29) is 6.04 Å². The van der Waals surface area contributed by atoms with Crippen LogP contribution < -0.4 is 11.3 Å². The number of nitrogens with one attached hydrogen (secondary N) is 1. The maximum absolute atomic E-state index is 6.19. The molecule has 0 radical (unpaired) electrons. The summed E-state index contributed by atoms with van der Waals surface area (Å²) in [7, 11) is 0. The van der Waals surface area contributed by atoms with E-state index >= 15 is 0 Å². The summed E-state index contributed by atoms with van der Waals surface area (Å²) in [5.41, 5.74) is 3.80. The molecule has 2 aromatic rings. The van der Waals surface area contributed by atoms with E-state index in [1.807, 2.05) is 23.6 Å². The first kappa shape index (κ1) is 14.3. The SMILES string of the molecule is NNC(Cc1cccc(Cl)c1Cl)c1sccc1Br. The van der Waals surface area contributed by atoms with Crippen LogP contribution in [0.4, 0.5) is 0 Å². The molecule has 3 N–H and O–H groups in total. The Hall–Kier alpha value is -0.100. The number of hydrogen-bond acceptors (Lipinski definition) is 3. The Morgan fingerprint density at radius 3 is 2.72 bits per heavy atom. The van der Waals surface area contributed by atoms with Crippen molar-refractivity contribution in [2.45, 2.75) is 12.5 Å². The van der Waals surface area contributed by atoms with Crippen LogP contribution in [0.25, 0.3) is 0 Å². The predicted octanol–water partition coefficient (Wildman–Crippen LogP) is 4.56. The standard InChI is InChI=1S/C12H11BrCl2N2S/c13-8-4-5-18-12(8)10(17-16)6-7-2-1-3-9(14)11(7)15/h1-5,10,17H,6,16H2. The van der Waals surface area contributed by atoms with Crippen molar-refractivity contribution in [3.05, 3.63) is 54.6 Å². The van der Waals surface area contributed by atoms with Gasteiger partial charge in [0.15, 0.2) is 0 Å². The van der Waals surface area contributed by atoms with Gasteiger partial charge >= 0.3 is 0 Å². The second-order valence-corrected chi connectivity index (χ2v) is 6.36. The molecule has 18 heavy (non-hydrogen) atoms. The number of rotatable bonds is 4. The normalized spacial score (nSPS) is 12.7. The molecule has 1 heterocycles. The van der Waals surface area contributed by atoms with E-state index in [2.05, 4.69) is 21.4 Å². The molecule has 1 unspecified atom stereocenters. The number of hydrazine groups is 1. The summed E-state index contributed by atoms with van der Waals surface area (Å²) in [5, 5.41) is 3.17. The van der Waals surface area contributed by atoms with E-state index in [1.54, 1.807) is 17.4 Å². The molecule has 2 nitrogen and oxygen atoms in total. The minimum absolute atomic E-state index is 0.00958. The molecule has 0 aliphatic carbocycles. The summed E-state index contributed by atoms with van der Waals surface area (Å²) in [6.07, 6.45) is 0.689. The Bertz CT molecular complexity index is 545. The highest BCUT2D eigenvalue weighted by Crippen LogP contribution is 2.33. The van der Waals surface area contributed by atoms with Gasteiger partial charge in [-0.2, -0.15) is 0 Å². The fraction of sp³-hybridized carbons (Fsp3) is 0.167. The fourth-order valence-corrected chi connectivity index (χ4v) is 3.82. The van der Waals surface area contributed by atoms with Gasteiger partial charge in [0.1, 0.15) is 0 Å². The maximum atomic E-state index is 6.19. The molecule has 0 aliphatic heterocycles. The van der Waals surface area contributed by atoms with Gasteiger partial charge in [0.25, 0.3) is 0 Å². The molecule has 0 bridgehead atoms. The first-order chi connectivity index (χ1) is 8.63. The van der Waals surface area contributed by atoms with Crippen LogP contribution >= 0.6 is 50.5 Å². The molecule has 0 spiro atoms. The molecule has 96 valence electrons. The van der Waals surface area contributed by atoms with Gasteiger partial charge in [0, 0.05) is 9.35 Å². The third-order valence-corrected chi connectivity index (χ3v) is 5.46. The van der Waals surface area contributed by atoms with E-state index in [9.17, 15) is 0 Å². The van der Waals surface area contributed by atoms with E-state index in [1.165, 1.54) is 0 Å². The summed E-state index contributed by atoms with van der Waals surface area (Å²) in [6.45, 7) is 0. The van der Waals surface area contributed by atoms with Crippen LogP contribution in [0.5, 0.6) is 0 Å². The molecule has 1 aromatic carbocycles. The fourth-order valence-electron chi connectivity index (χ4n) is 1.71. The van der Waals surface area contributed by atoms with E-state index in [0.717, 1.165) is 14.9 Å². The lowest BCUT2D eigenvalue weighted by Gasteiger charge is -2.16. The third kappa shape index (κ3) is 3.07. The topological polar surface area (TPSA) is 38.0 Å². The molecular formula is C12H11BrCl2N2S. The highest BCUT2D eigenvalue weighted by atomic mass is 79.9. The van der Waals surface area contributed by atoms with Crippen LogP contribution in [-0.2, 0) is 6.42 Å². The van der Waals surface area contributed by atoms with E-state index in [0.29, 0.717) is 16.5 Å². The number of benzene rings is 1. The van der Waals surface area contributed by atoms with Crippen molar-refractivity contribution in [2.75, 3.05) is 0 Å². The van der Waals surface area contributed by atoms with Gasteiger partial charge < -0.3 is 0 Å². The summed E-state index contributed by atoms with van der Waals surface area (Å²) in [5.74, 6) is 5.63. The molecule has 1 aromatic heterocycles. The molecule has 1 atom stereocenters. The van der Waals surface area contributed by atoms with Gasteiger partial charge in [-0.25, -0.2) is 0 Å². The molecule has 0 amide bonds. The minimum Gasteiger partial charge on any atom is -0.271 e. The smallest absolute Gasteiger partial charge is 0.0625 e. The maximum Gasteiger partial charge on any atom is 0.0625 e. The van der Waals surface area contributed by atoms with Crippen LogP contribution in [0.1, 0.15) is 16.5 Å². The molecule has 6 heteroatoms. The van der Waals surface area contributed by atoms with Gasteiger partial charge in [-0.15, -0.1) is 11.3 Å². The second kappa shape index (κ2) is 6.37. The molecule has 2 rings (SSSR count). The molecule has 0 saturated heterocycles. The summed E-state index contributed by atoms with van der Waals surface area (Å²) >= 11 is 17.3. The Kier molecular flexibility index (Phi) is 5.06. The Balaban J connectivity index is 2.26. The number of thiophene rings is 1. The van der Waals surface area contributed by atoms with Crippen LogP contribution in [0.3, 0.4) is 0 Å². The zero-order valence-corrected chi connectivity index (χ0v) is 13.2. The lowest BCUT2D eigenvalue weighted by Crippen LogP contribution is -2.29. The minimum atomic E-state index is 0.00958. The average Bonchev–Trinajstić information content (AvgIpc) is 2.77. The Labute approximate surface area is 128 Å². The first-order valence-electron chi connectivity index (χ1n) is 5.25. The largest absolute Gasteiger partial charge is 0.271 e. The van der Waals surface area contributed by atoms with Crippen LogP contribution in [-0.4, -0.2) is 0 Å². The van der Waals surface area contributed by atoms with Crippen LogP contribution in [0.2, 0.25) is 10.0 Å². The van der Waals surface area contributed by atoms with Crippen molar-refractivity contribution in [3.8, 4) is 0 Å². The monoisotopic (exact) mass is 364 g/mol. The molecule has 0 fully saturated rings. The molecule has 0 saturated carbocycles. The van der Waals surface area contributed by atoms with Gasteiger partial charge in [-0.05, 0) is 45.4 Å². The third-order valence-electron chi connectivity index (χ3n) is 2.62. The van der Waals surface area contributed by atoms with Crippen molar-refractivity contribution in [1.82, 2.24) is 5.43 Å². The molecule has 0 aliphatic rings. The van der Waals surface area contributed by atoms with E-state index in [4.69, 9.17) is 29.0 Å². The van der Waals surface area contributed by atoms with Crippen molar-refractivity contribution in [3.63, 3.8) is 0 Å². The van der Waals surface area contributed by atoms with Crippen molar-refractivity contribution >= 4 is 50.5 Å². The summed E-state index contributed by atoms with van der Waals surface area (Å²) in [6, 6.07) is 7.64. The van der Waals surface area contributed by atoms with Gasteiger partial charge in [-0.1, -0.05) is 35.3 Å². The number of hydrogen-bond donors (Lipinski definition) is 2. The lowest BCUT2D eigenvalue weighted by atomic mass is 10.1. The van der Waals surface area contributed by atoms with Crippen molar-refractivity contribution in [2.24, 2.45) is 5.84 Å². The molecular weight excluding hydrogens is 355 g/mol. The van der Waals surface area contributed by atoms with E-state index < -0.39 is 0 Å². The summed E-state index contributed by atoms with van der Waals surface area (Å²) in [4.78, 5) is 1.15. The zero-order chi connectivity index (χ0) is 13.1. The highest BCUT2D eigenvalue weighted by molar-refractivity contribution is 9.10. The predicted molar refractivity (Wildman–Crippen MR) is 82.2 cm³/mol. The first-order valence-corrected chi connectivity index (χ1v) is 7.68. The van der Waals surface area contributed by atoms with Crippen molar-refractivity contribution in [1.29, 1.82) is 0 Å². The Morgan fingerprint density at radius 1 is 1.33 bits per heavy atom. The van der Waals surface area contributed by atoms with Crippen LogP contribution in [0.15, 0.2) is 34.1 Å². The number of halogens is 3. The highest BCUT2D eigenvalue weighted by Gasteiger charge is 2.17. The quantitative estimate of drug-likeness (QED) is 0.615. The van der Waals surface area contributed by atoms with Crippen molar-refractivity contribution < 1.29 is 0 Å². The van der Waals surface area contributed by atoms with Crippen LogP contribution in [0, 0.1) is 0 Å². The zero-order valence-electron chi connectivity index (χ0n) is 9.29. The lowest BCUT2D eigenvalue weighted by molar-refractivity contribution is 0.559. The van der Waals surface area contributed by atoms with Gasteiger partial charge in [0.05, 0.1) is 16.1 Å². The Morgan fingerprint density at radius 2 is 2.11 bits per heavy atom. The second-order valence-electron chi connectivity index (χ2n) is 3.77. The number of nitrogens with two attached hydrogens (primary N) is 1. The van der Waals surface area contributed by atoms with Gasteiger partial charge in [0.2, 0.25) is 0 Å². The average molecular weight is 366 g/mol. The summed E-state index contributed by atoms with van der Waals surface area (Å²) < 4.78 is 1.05. The van der Waals surface area contributed by atoms with Gasteiger partial charge in [-0.3, -0.25) is 11.3 Å².